The highest BCUT2D eigenvalue weighted by atomic mass is 28.4. The first-order valence-electron chi connectivity index (χ1n) is 15.1. The van der Waals surface area contributed by atoms with E-state index in [1.54, 1.807) is 6.92 Å². The Morgan fingerprint density at radius 1 is 0.976 bits per heavy atom. The van der Waals surface area contributed by atoms with Crippen molar-refractivity contribution in [3.8, 4) is 0 Å². The molecule has 0 radical (unpaired) electrons. The van der Waals surface area contributed by atoms with Gasteiger partial charge in [-0.25, -0.2) is 9.69 Å². The lowest BCUT2D eigenvalue weighted by atomic mass is 9.89. The fraction of sp³-hybridized carbons (Fsp3) is 0.559. The molecule has 0 bridgehead atoms. The lowest BCUT2D eigenvalue weighted by Crippen LogP contribution is -2.49. The minimum Gasteiger partial charge on any atom is -0.447 e. The largest absolute Gasteiger partial charge is 0.447 e. The third kappa shape index (κ3) is 8.61. The monoisotopic (exact) mass is 595 g/mol. The third-order valence-corrected chi connectivity index (χ3v) is 13.4. The predicted octanol–water partition coefficient (Wildman–Crippen LogP) is 7.19. The van der Waals surface area contributed by atoms with Crippen molar-refractivity contribution in [3.05, 3.63) is 71.8 Å². The van der Waals surface area contributed by atoms with Crippen LogP contribution in [0.4, 0.5) is 4.79 Å². The maximum atomic E-state index is 13.7. The number of carbonyl (C=O) groups is 3. The Labute approximate surface area is 253 Å². The van der Waals surface area contributed by atoms with Crippen LogP contribution in [0.1, 0.15) is 65.5 Å². The predicted molar refractivity (Wildman–Crippen MR) is 167 cm³/mol. The normalized spacial score (nSPS) is 18.7. The molecular formula is C34H49NO6Si. The van der Waals surface area contributed by atoms with Gasteiger partial charge in [-0.1, -0.05) is 95.3 Å². The number of rotatable bonds is 14. The van der Waals surface area contributed by atoms with E-state index in [4.69, 9.17) is 13.9 Å². The van der Waals surface area contributed by atoms with Gasteiger partial charge in [-0.15, -0.1) is 0 Å². The molecule has 1 aliphatic rings. The van der Waals surface area contributed by atoms with Crippen LogP contribution in [0.15, 0.2) is 60.7 Å². The zero-order chi connectivity index (χ0) is 31.1. The second kappa shape index (κ2) is 14.6. The number of hydrogen-bond donors (Lipinski definition) is 0. The van der Waals surface area contributed by atoms with Crippen molar-refractivity contribution in [1.29, 1.82) is 0 Å². The Morgan fingerprint density at radius 3 is 2.10 bits per heavy atom. The van der Waals surface area contributed by atoms with E-state index in [0.29, 0.717) is 13.0 Å². The van der Waals surface area contributed by atoms with Crippen LogP contribution in [0, 0.1) is 11.8 Å². The highest BCUT2D eigenvalue weighted by Crippen LogP contribution is 2.39. The molecule has 2 amide bonds. The van der Waals surface area contributed by atoms with Gasteiger partial charge in [0.1, 0.15) is 12.4 Å². The van der Waals surface area contributed by atoms with Crippen molar-refractivity contribution in [2.24, 2.45) is 11.8 Å². The summed E-state index contributed by atoms with van der Waals surface area (Å²) in [5.41, 5.74) is 2.08. The molecule has 0 unspecified atom stereocenters. The molecule has 0 aromatic heterocycles. The summed E-state index contributed by atoms with van der Waals surface area (Å²) in [5.74, 6) is -1.86. The van der Waals surface area contributed by atoms with Gasteiger partial charge in [0.2, 0.25) is 5.91 Å². The van der Waals surface area contributed by atoms with Crippen molar-refractivity contribution in [3.63, 3.8) is 0 Å². The number of hydrogen-bond acceptors (Lipinski definition) is 6. The number of benzene rings is 2. The van der Waals surface area contributed by atoms with Crippen LogP contribution in [0.2, 0.25) is 18.1 Å². The molecule has 1 fully saturated rings. The number of Topliss-reactive ketones (excluding diaryl/α,β-unsaturated/α-hetero) is 1. The van der Waals surface area contributed by atoms with Crippen LogP contribution in [-0.2, 0) is 36.5 Å². The molecule has 0 N–H and O–H groups in total. The van der Waals surface area contributed by atoms with Gasteiger partial charge in [0.05, 0.1) is 30.8 Å². The Morgan fingerprint density at radius 2 is 1.55 bits per heavy atom. The molecule has 0 spiro atoms. The van der Waals surface area contributed by atoms with E-state index in [1.807, 2.05) is 60.7 Å². The van der Waals surface area contributed by atoms with Gasteiger partial charge < -0.3 is 13.9 Å². The molecule has 0 saturated carbocycles. The molecule has 7 nitrogen and oxygen atoms in total. The lowest BCUT2D eigenvalue weighted by molar-refractivity contribution is -0.140. The molecule has 2 aromatic rings. The fourth-order valence-electron chi connectivity index (χ4n) is 5.04. The summed E-state index contributed by atoms with van der Waals surface area (Å²) in [4.78, 5) is 41.1. The van der Waals surface area contributed by atoms with Crippen molar-refractivity contribution in [1.82, 2.24) is 4.90 Å². The van der Waals surface area contributed by atoms with Crippen molar-refractivity contribution in [2.45, 2.75) is 104 Å². The van der Waals surface area contributed by atoms with Gasteiger partial charge in [0.25, 0.3) is 0 Å². The van der Waals surface area contributed by atoms with Crippen molar-refractivity contribution in [2.75, 3.05) is 6.61 Å². The van der Waals surface area contributed by atoms with E-state index < -0.39 is 38.4 Å². The number of imide groups is 1. The fourth-order valence-corrected chi connectivity index (χ4v) is 6.45. The molecule has 2 aromatic carbocycles. The average Bonchev–Trinajstić information content (AvgIpc) is 3.31. The van der Waals surface area contributed by atoms with E-state index in [9.17, 15) is 14.4 Å². The van der Waals surface area contributed by atoms with E-state index >= 15 is 0 Å². The van der Waals surface area contributed by atoms with Gasteiger partial charge in [0, 0.05) is 12.3 Å². The number of nitrogens with zero attached hydrogens (tertiary/aromatic N) is 1. The zero-order valence-electron chi connectivity index (χ0n) is 26.6. The number of amides is 2. The summed E-state index contributed by atoms with van der Waals surface area (Å²) in [6, 6.07) is 19.2. The van der Waals surface area contributed by atoms with Gasteiger partial charge in [-0.3, -0.25) is 9.59 Å². The van der Waals surface area contributed by atoms with Gasteiger partial charge in [-0.05, 0) is 49.0 Å². The Hall–Kier alpha value is -2.81. The molecule has 8 heteroatoms. The Balaban J connectivity index is 1.77. The van der Waals surface area contributed by atoms with Crippen molar-refractivity contribution < 1.29 is 28.3 Å². The molecule has 1 heterocycles. The molecule has 230 valence electrons. The summed E-state index contributed by atoms with van der Waals surface area (Å²) in [5, 5.41) is -0.0635. The minimum absolute atomic E-state index is 0.0635. The highest BCUT2D eigenvalue weighted by molar-refractivity contribution is 6.74. The van der Waals surface area contributed by atoms with Crippen LogP contribution in [0.3, 0.4) is 0 Å². The quantitative estimate of drug-likeness (QED) is 0.170. The first-order valence-corrected chi connectivity index (χ1v) is 18.1. The molecule has 42 heavy (non-hydrogen) atoms. The SMILES string of the molecule is CC[C@@H](OCc1ccccc1)[C@H](C)[C@H](CC(=O)[C@H](C)C(=O)N1C(=O)OC[C@@H]1Cc1ccccc1)O[Si](C)(C)C(C)(C)C. The molecule has 0 aliphatic carbocycles. The summed E-state index contributed by atoms with van der Waals surface area (Å²) in [7, 11) is -2.27. The molecule has 5 atom stereocenters. The van der Waals surface area contributed by atoms with Crippen LogP contribution < -0.4 is 0 Å². The van der Waals surface area contributed by atoms with E-state index in [-0.39, 0.29) is 35.9 Å². The molecule has 3 rings (SSSR count). The standard InChI is InChI=1S/C34H49NO6Si/c1-9-30(39-22-27-18-14-11-15-19-27)25(3)31(41-42(7,8)34(4,5)6)21-29(36)24(2)32(37)35-28(23-40-33(35)38)20-26-16-12-10-13-17-26/h10-19,24-25,28,30-31H,9,20-23H2,1-8H3/t24-,25-,28-,30+,31-/m0/s1. The molecule has 1 aliphatic heterocycles. The summed E-state index contributed by atoms with van der Waals surface area (Å²) in [6.45, 7) is 17.2. The van der Waals surface area contributed by atoms with Gasteiger partial charge in [-0.2, -0.15) is 0 Å². The van der Waals surface area contributed by atoms with E-state index in [1.165, 1.54) is 0 Å². The first kappa shape index (κ1) is 33.7. The Bertz CT molecular complexity index is 1180. The van der Waals surface area contributed by atoms with Gasteiger partial charge in [0.15, 0.2) is 8.32 Å². The topological polar surface area (TPSA) is 82.1 Å². The Kier molecular flexibility index (Phi) is 11.7. The van der Waals surface area contributed by atoms with Crippen molar-refractivity contribution >= 4 is 26.1 Å². The number of ether oxygens (including phenoxy) is 2. The minimum atomic E-state index is -2.27. The summed E-state index contributed by atoms with van der Waals surface area (Å²) < 4.78 is 18.5. The molecular weight excluding hydrogens is 546 g/mol. The second-order valence-electron chi connectivity index (χ2n) is 13.0. The van der Waals surface area contributed by atoms with Crippen LogP contribution in [-0.4, -0.2) is 55.9 Å². The summed E-state index contributed by atoms with van der Waals surface area (Å²) >= 11 is 0. The number of ketones is 1. The third-order valence-electron chi connectivity index (χ3n) is 8.90. The van der Waals surface area contributed by atoms with Crippen LogP contribution in [0.5, 0.6) is 0 Å². The van der Waals surface area contributed by atoms with Gasteiger partial charge >= 0.3 is 6.09 Å². The number of cyclic esters (lactones) is 1. The lowest BCUT2D eigenvalue weighted by Gasteiger charge is -2.42. The highest BCUT2D eigenvalue weighted by Gasteiger charge is 2.44. The van der Waals surface area contributed by atoms with Crippen LogP contribution in [0.25, 0.3) is 0 Å². The second-order valence-corrected chi connectivity index (χ2v) is 17.8. The summed E-state index contributed by atoms with van der Waals surface area (Å²) in [6.07, 6.45) is 0.0444. The van der Waals surface area contributed by atoms with Crippen LogP contribution >= 0.6 is 0 Å². The first-order chi connectivity index (χ1) is 19.7. The maximum absolute atomic E-state index is 13.7. The maximum Gasteiger partial charge on any atom is 0.417 e. The van der Waals surface area contributed by atoms with E-state index in [0.717, 1.165) is 22.4 Å². The average molecular weight is 596 g/mol. The molecule has 1 saturated heterocycles. The number of carbonyl (C=O) groups excluding carboxylic acids is 3. The van der Waals surface area contributed by atoms with E-state index in [2.05, 4.69) is 47.7 Å². The smallest absolute Gasteiger partial charge is 0.417 e. The zero-order valence-corrected chi connectivity index (χ0v) is 27.6.